The predicted octanol–water partition coefficient (Wildman–Crippen LogP) is 4.85. The minimum atomic E-state index is -4.51. The van der Waals surface area contributed by atoms with Gasteiger partial charge in [0.05, 0.1) is 27.0 Å². The van der Waals surface area contributed by atoms with Crippen LogP contribution in [0.1, 0.15) is 58.8 Å². The number of benzene rings is 2. The van der Waals surface area contributed by atoms with Crippen LogP contribution in [0.5, 0.6) is 0 Å². The molecule has 2 aromatic carbocycles. The molecule has 7 nitrogen and oxygen atoms in total. The molecule has 0 spiro atoms. The number of piperidine rings is 1. The summed E-state index contributed by atoms with van der Waals surface area (Å²) in [5, 5.41) is 4.75. The summed E-state index contributed by atoms with van der Waals surface area (Å²) in [4.78, 5) is 14.7. The molecule has 1 atom stereocenters. The predicted molar refractivity (Wildman–Crippen MR) is 134 cm³/mol. The van der Waals surface area contributed by atoms with Crippen molar-refractivity contribution < 1.29 is 26.4 Å². The highest BCUT2D eigenvalue weighted by molar-refractivity contribution is 7.91. The molecule has 12 heteroatoms. The number of halogens is 4. The van der Waals surface area contributed by atoms with Gasteiger partial charge in [0.1, 0.15) is 0 Å². The van der Waals surface area contributed by atoms with E-state index in [4.69, 9.17) is 16.7 Å². The largest absolute Gasteiger partial charge is 0.417 e. The van der Waals surface area contributed by atoms with Crippen molar-refractivity contribution in [3.05, 3.63) is 63.8 Å². The fraction of sp³-hybridized carbons (Fsp3) is 0.440. The molecule has 1 aliphatic heterocycles. The van der Waals surface area contributed by atoms with Gasteiger partial charge in [-0.2, -0.15) is 18.3 Å². The van der Waals surface area contributed by atoms with Crippen molar-refractivity contribution in [2.45, 2.75) is 49.6 Å². The van der Waals surface area contributed by atoms with Crippen molar-refractivity contribution in [3.63, 3.8) is 0 Å². The van der Waals surface area contributed by atoms with E-state index in [2.05, 4.69) is 9.62 Å². The Morgan fingerprint density at radius 2 is 1.92 bits per heavy atom. The average Bonchev–Trinajstić information content (AvgIpc) is 3.64. The van der Waals surface area contributed by atoms with Crippen molar-refractivity contribution >= 4 is 38.4 Å². The fourth-order valence-electron chi connectivity index (χ4n) is 4.95. The van der Waals surface area contributed by atoms with Gasteiger partial charge in [0.25, 0.3) is 5.91 Å². The van der Waals surface area contributed by atoms with Crippen LogP contribution in [-0.4, -0.2) is 47.3 Å². The van der Waals surface area contributed by atoms with E-state index in [0.717, 1.165) is 36.5 Å². The second-order valence-electron chi connectivity index (χ2n) is 9.80. The molecule has 1 saturated carbocycles. The summed E-state index contributed by atoms with van der Waals surface area (Å²) in [5.74, 6) is -0.608. The van der Waals surface area contributed by atoms with Gasteiger partial charge in [0, 0.05) is 37.0 Å². The summed E-state index contributed by atoms with van der Waals surface area (Å²) >= 11 is 5.76. The lowest BCUT2D eigenvalue weighted by Gasteiger charge is -2.32. The van der Waals surface area contributed by atoms with Crippen molar-refractivity contribution in [2.75, 3.05) is 13.1 Å². The minimum Gasteiger partial charge on any atom is -0.298 e. The zero-order chi connectivity index (χ0) is 26.5. The lowest BCUT2D eigenvalue weighted by Crippen LogP contribution is -2.34. The van der Waals surface area contributed by atoms with Gasteiger partial charge < -0.3 is 0 Å². The molecule has 2 heterocycles. The van der Waals surface area contributed by atoms with Gasteiger partial charge >= 0.3 is 6.18 Å². The number of hydrogen-bond donors (Lipinski definition) is 1. The van der Waals surface area contributed by atoms with Crippen LogP contribution in [0.25, 0.3) is 10.9 Å². The van der Waals surface area contributed by atoms with Crippen LogP contribution in [-0.2, 0) is 29.8 Å². The van der Waals surface area contributed by atoms with Crippen LogP contribution in [0.3, 0.4) is 0 Å². The summed E-state index contributed by atoms with van der Waals surface area (Å²) in [6, 6.07) is 9.03. The number of aryl methyl sites for hydroxylation is 1. The zero-order valence-corrected chi connectivity index (χ0v) is 21.6. The van der Waals surface area contributed by atoms with Crippen molar-refractivity contribution in [2.24, 2.45) is 7.05 Å². The van der Waals surface area contributed by atoms with E-state index in [1.165, 1.54) is 6.07 Å². The molecule has 198 valence electrons. The third kappa shape index (κ3) is 5.49. The molecule has 3 aromatic rings. The maximum absolute atomic E-state index is 13.3. The van der Waals surface area contributed by atoms with E-state index >= 15 is 0 Å². The summed E-state index contributed by atoms with van der Waals surface area (Å²) in [6.07, 6.45) is -1.65. The Morgan fingerprint density at radius 3 is 2.62 bits per heavy atom. The molecule has 1 amide bonds. The molecule has 0 radical (unpaired) electrons. The molecule has 1 unspecified atom stereocenters. The number of aromatic nitrogens is 2. The number of sulfonamides is 1. The number of hydrogen-bond acceptors (Lipinski definition) is 5. The van der Waals surface area contributed by atoms with Crippen LogP contribution in [0, 0.1) is 0 Å². The Labute approximate surface area is 217 Å². The van der Waals surface area contributed by atoms with Crippen LogP contribution in [0.15, 0.2) is 36.4 Å². The van der Waals surface area contributed by atoms with E-state index in [1.807, 2.05) is 0 Å². The van der Waals surface area contributed by atoms with Crippen molar-refractivity contribution in [1.82, 2.24) is 19.4 Å². The van der Waals surface area contributed by atoms with Crippen LogP contribution < -0.4 is 4.72 Å². The first-order valence-electron chi connectivity index (χ1n) is 12.0. The van der Waals surface area contributed by atoms with Gasteiger partial charge in [-0.15, -0.1) is 0 Å². The quantitative estimate of drug-likeness (QED) is 0.471. The van der Waals surface area contributed by atoms with Gasteiger partial charge in [-0.05, 0) is 62.1 Å². The van der Waals surface area contributed by atoms with Gasteiger partial charge in [0.15, 0.2) is 0 Å². The molecule has 1 saturated heterocycles. The third-order valence-corrected chi connectivity index (χ3v) is 9.12. The van der Waals surface area contributed by atoms with Crippen molar-refractivity contribution in [1.29, 1.82) is 0 Å². The summed E-state index contributed by atoms with van der Waals surface area (Å²) in [6.45, 7) is 1.74. The average molecular weight is 555 g/mol. The van der Waals surface area contributed by atoms with E-state index in [9.17, 15) is 26.4 Å². The maximum atomic E-state index is 13.3. The number of amides is 1. The number of carbonyl (C=O) groups is 1. The molecule has 37 heavy (non-hydrogen) atoms. The highest BCUT2D eigenvalue weighted by atomic mass is 35.5. The number of nitrogens with zero attached hydrogens (tertiary/aromatic N) is 3. The molecule has 1 aromatic heterocycles. The van der Waals surface area contributed by atoms with Gasteiger partial charge in [0.2, 0.25) is 10.0 Å². The third-order valence-electron chi connectivity index (χ3n) is 6.97. The van der Waals surface area contributed by atoms with E-state index in [-0.39, 0.29) is 16.5 Å². The minimum absolute atomic E-state index is 0.0572. The zero-order valence-electron chi connectivity index (χ0n) is 20.1. The number of alkyl halides is 3. The topological polar surface area (TPSA) is 84.3 Å². The maximum Gasteiger partial charge on any atom is 0.417 e. The highest BCUT2D eigenvalue weighted by Gasteiger charge is 2.37. The van der Waals surface area contributed by atoms with Crippen LogP contribution in [0.2, 0.25) is 5.02 Å². The molecule has 0 bridgehead atoms. The lowest BCUT2D eigenvalue weighted by atomic mass is 9.92. The molecule has 2 fully saturated rings. The van der Waals surface area contributed by atoms with Crippen LogP contribution in [0.4, 0.5) is 13.2 Å². The number of rotatable bonds is 6. The number of nitrogens with one attached hydrogen (secondary N) is 1. The Morgan fingerprint density at radius 1 is 1.16 bits per heavy atom. The molecule has 5 rings (SSSR count). The fourth-order valence-corrected chi connectivity index (χ4v) is 6.47. The highest BCUT2D eigenvalue weighted by Crippen LogP contribution is 2.36. The molecular formula is C25H26ClF3N4O3S. The van der Waals surface area contributed by atoms with E-state index in [0.29, 0.717) is 37.0 Å². The van der Waals surface area contributed by atoms with E-state index in [1.54, 1.807) is 36.0 Å². The second-order valence-corrected chi connectivity index (χ2v) is 12.2. The number of fused-ring (bicyclic) bond motifs is 1. The first-order valence-corrected chi connectivity index (χ1v) is 14.0. The van der Waals surface area contributed by atoms with Gasteiger partial charge in [-0.1, -0.05) is 23.7 Å². The molecule has 1 aliphatic carbocycles. The van der Waals surface area contributed by atoms with E-state index < -0.39 is 32.9 Å². The molecule has 1 N–H and O–H groups in total. The molecule has 2 aliphatic rings. The monoisotopic (exact) mass is 554 g/mol. The smallest absolute Gasteiger partial charge is 0.298 e. The van der Waals surface area contributed by atoms with Crippen molar-refractivity contribution in [3.8, 4) is 0 Å². The second kappa shape index (κ2) is 9.59. The van der Waals surface area contributed by atoms with Crippen LogP contribution >= 0.6 is 11.6 Å². The Bertz CT molecular complexity index is 1470. The number of likely N-dealkylation sites (tertiary alicyclic amines) is 1. The Balaban J connectivity index is 1.34. The normalized spacial score (nSPS) is 19.3. The SMILES string of the molecule is Cn1nc(C2CCCN(Cc3ccc(Cl)c(C(F)(F)F)c3)C2)c2ccc(C(=O)NS(=O)(=O)C3CC3)cc21. The van der Waals surface area contributed by atoms with Gasteiger partial charge in [-0.25, -0.2) is 13.1 Å². The Hall–Kier alpha value is -2.63. The first-order chi connectivity index (χ1) is 17.4. The summed E-state index contributed by atoms with van der Waals surface area (Å²) < 4.78 is 67.9. The summed E-state index contributed by atoms with van der Waals surface area (Å²) in [5.41, 5.74) is 1.50. The number of carbonyl (C=O) groups excluding carboxylic acids is 1. The lowest BCUT2D eigenvalue weighted by molar-refractivity contribution is -0.137. The standard InChI is InChI=1S/C25H26ClF3N4O3S/c1-32-22-12-16(24(34)31-37(35,36)18-6-7-18)5-8-19(22)23(30-32)17-3-2-10-33(14-17)13-15-4-9-21(26)20(11-15)25(27,28)29/h4-5,8-9,11-12,17-18H,2-3,6-7,10,13-14H2,1H3,(H,31,34). The molecular weight excluding hydrogens is 529 g/mol. The first kappa shape index (κ1) is 26.0. The van der Waals surface area contributed by atoms with Gasteiger partial charge in [-0.3, -0.25) is 14.4 Å². The summed E-state index contributed by atoms with van der Waals surface area (Å²) in [7, 11) is -1.89. The Kier molecular flexibility index (Phi) is 6.74.